The molecule has 8 heteroatoms. The number of halogens is 1. The maximum atomic E-state index is 6.17. The monoisotopic (exact) mass is 390 g/mol. The lowest BCUT2D eigenvalue weighted by Crippen LogP contribution is -2.45. The minimum Gasteiger partial charge on any atom is -0.495 e. The van der Waals surface area contributed by atoms with E-state index in [2.05, 4.69) is 25.6 Å². The molecule has 1 aliphatic rings. The predicted octanol–water partition coefficient (Wildman–Crippen LogP) is 2.30. The first-order valence-electron chi connectivity index (χ1n) is 9.13. The molecule has 1 fully saturated rings. The van der Waals surface area contributed by atoms with Gasteiger partial charge in [-0.2, -0.15) is 5.10 Å². The molecule has 1 aromatic carbocycles. The molecule has 1 saturated heterocycles. The summed E-state index contributed by atoms with van der Waals surface area (Å²) in [6.45, 7) is 5.41. The Morgan fingerprint density at radius 3 is 3.00 bits per heavy atom. The molecule has 0 saturated carbocycles. The second-order valence-electron chi connectivity index (χ2n) is 6.67. The first-order chi connectivity index (χ1) is 13.1. The minimum absolute atomic E-state index is 0.312. The number of nitrogens with one attached hydrogen (secondary N) is 2. The van der Waals surface area contributed by atoms with Crippen LogP contribution in [-0.4, -0.2) is 55.6 Å². The van der Waals surface area contributed by atoms with Crippen LogP contribution in [0, 0.1) is 6.92 Å². The Balaban J connectivity index is 1.51. The second-order valence-corrected chi connectivity index (χ2v) is 7.11. The third-order valence-corrected chi connectivity index (χ3v) is 4.87. The summed E-state index contributed by atoms with van der Waals surface area (Å²) in [6, 6.07) is 6.03. The molecule has 0 spiro atoms. The summed E-state index contributed by atoms with van der Waals surface area (Å²) < 4.78 is 7.41. The van der Waals surface area contributed by atoms with Crippen LogP contribution in [0.5, 0.6) is 5.75 Å². The van der Waals surface area contributed by atoms with E-state index in [1.807, 2.05) is 42.2 Å². The average Bonchev–Trinajstić information content (AvgIpc) is 3.30. The van der Waals surface area contributed by atoms with E-state index in [1.54, 1.807) is 14.2 Å². The molecule has 3 rings (SSSR count). The molecule has 1 unspecified atom stereocenters. The number of rotatable bonds is 6. The van der Waals surface area contributed by atoms with Crippen molar-refractivity contribution < 1.29 is 4.74 Å². The summed E-state index contributed by atoms with van der Waals surface area (Å²) in [6.07, 6.45) is 4.92. The number of hydrogen-bond acceptors (Lipinski definition) is 4. The van der Waals surface area contributed by atoms with Gasteiger partial charge < -0.3 is 20.3 Å². The fourth-order valence-electron chi connectivity index (χ4n) is 3.27. The second kappa shape index (κ2) is 8.99. The van der Waals surface area contributed by atoms with E-state index in [4.69, 9.17) is 16.3 Å². The van der Waals surface area contributed by atoms with Crippen LogP contribution < -0.4 is 20.3 Å². The van der Waals surface area contributed by atoms with Crippen LogP contribution in [0.2, 0.25) is 5.02 Å². The molecule has 2 aromatic rings. The fraction of sp³-hybridized carbons (Fsp3) is 0.474. The molecule has 27 heavy (non-hydrogen) atoms. The summed E-state index contributed by atoms with van der Waals surface area (Å²) in [7, 11) is 3.48. The number of hydrogen-bond donors (Lipinski definition) is 2. The SMILES string of the molecule is CN=C(NCCn1cc(C)cn1)NC1CCN(c2cc(Cl)ccc2OC)C1. The molecule has 0 bridgehead atoms. The van der Waals surface area contributed by atoms with Gasteiger partial charge in [0.2, 0.25) is 0 Å². The van der Waals surface area contributed by atoms with Gasteiger partial charge in [0.05, 0.1) is 25.5 Å². The lowest BCUT2D eigenvalue weighted by atomic mass is 10.2. The lowest BCUT2D eigenvalue weighted by Gasteiger charge is -2.22. The van der Waals surface area contributed by atoms with Crippen LogP contribution in [0.25, 0.3) is 0 Å². The van der Waals surface area contributed by atoms with Crippen molar-refractivity contribution in [3.05, 3.63) is 41.2 Å². The molecule has 2 N–H and O–H groups in total. The Labute approximate surface area is 165 Å². The zero-order valence-electron chi connectivity index (χ0n) is 16.1. The highest BCUT2D eigenvalue weighted by Crippen LogP contribution is 2.33. The van der Waals surface area contributed by atoms with Gasteiger partial charge in [-0.15, -0.1) is 0 Å². The molecule has 0 radical (unpaired) electrons. The quantitative estimate of drug-likeness (QED) is 0.585. The van der Waals surface area contributed by atoms with Gasteiger partial charge in [-0.1, -0.05) is 11.6 Å². The predicted molar refractivity (Wildman–Crippen MR) is 110 cm³/mol. The third kappa shape index (κ3) is 5.07. The van der Waals surface area contributed by atoms with Crippen LogP contribution >= 0.6 is 11.6 Å². The summed E-state index contributed by atoms with van der Waals surface area (Å²) in [5.74, 6) is 1.65. The number of anilines is 1. The standard InChI is InChI=1S/C19H27ClN6O/c1-14-11-23-26(12-14)9-7-22-19(21-2)24-16-6-8-25(13-16)17-10-15(20)4-5-18(17)27-3/h4-5,10-12,16H,6-9,13H2,1-3H3,(H2,21,22,24). The molecule has 0 aliphatic carbocycles. The maximum absolute atomic E-state index is 6.17. The smallest absolute Gasteiger partial charge is 0.191 e. The topological polar surface area (TPSA) is 66.7 Å². The van der Waals surface area contributed by atoms with E-state index in [9.17, 15) is 0 Å². The Hall–Kier alpha value is -2.41. The Morgan fingerprint density at radius 1 is 1.44 bits per heavy atom. The lowest BCUT2D eigenvalue weighted by molar-refractivity contribution is 0.415. The van der Waals surface area contributed by atoms with Crippen molar-refractivity contribution in [3.63, 3.8) is 0 Å². The van der Waals surface area contributed by atoms with Crippen molar-refractivity contribution in [2.75, 3.05) is 38.7 Å². The van der Waals surface area contributed by atoms with Crippen LogP contribution in [0.1, 0.15) is 12.0 Å². The summed E-state index contributed by atoms with van der Waals surface area (Å²) >= 11 is 6.17. The van der Waals surface area contributed by atoms with Crippen LogP contribution in [0.15, 0.2) is 35.6 Å². The normalized spacial score (nSPS) is 17.3. The van der Waals surface area contributed by atoms with E-state index >= 15 is 0 Å². The average molecular weight is 391 g/mol. The number of aromatic nitrogens is 2. The van der Waals surface area contributed by atoms with Crippen LogP contribution in [0.3, 0.4) is 0 Å². The van der Waals surface area contributed by atoms with Crippen LogP contribution in [0.4, 0.5) is 5.69 Å². The molecule has 0 amide bonds. The highest BCUT2D eigenvalue weighted by molar-refractivity contribution is 6.30. The zero-order chi connectivity index (χ0) is 19.2. The van der Waals surface area contributed by atoms with Gasteiger partial charge in [0.15, 0.2) is 5.96 Å². The van der Waals surface area contributed by atoms with Crippen molar-refractivity contribution in [2.24, 2.45) is 4.99 Å². The van der Waals surface area contributed by atoms with Gasteiger partial charge in [-0.25, -0.2) is 0 Å². The van der Waals surface area contributed by atoms with Crippen molar-refractivity contribution >= 4 is 23.2 Å². The van der Waals surface area contributed by atoms with Gasteiger partial charge in [0, 0.05) is 43.9 Å². The number of aliphatic imine (C=N–C) groups is 1. The molecule has 1 atom stereocenters. The number of methoxy groups -OCH3 is 1. The third-order valence-electron chi connectivity index (χ3n) is 4.63. The highest BCUT2D eigenvalue weighted by atomic mass is 35.5. The molecular weight excluding hydrogens is 364 g/mol. The van der Waals surface area contributed by atoms with Gasteiger partial charge in [-0.3, -0.25) is 9.67 Å². The van der Waals surface area contributed by atoms with Crippen molar-refractivity contribution in [1.82, 2.24) is 20.4 Å². The van der Waals surface area contributed by atoms with E-state index in [0.29, 0.717) is 11.1 Å². The van der Waals surface area contributed by atoms with Crippen LogP contribution in [-0.2, 0) is 6.54 Å². The largest absolute Gasteiger partial charge is 0.495 e. The van der Waals surface area contributed by atoms with Gasteiger partial charge in [0.1, 0.15) is 5.75 Å². The summed E-state index contributed by atoms with van der Waals surface area (Å²) in [4.78, 5) is 6.63. The fourth-order valence-corrected chi connectivity index (χ4v) is 3.44. The van der Waals surface area contributed by atoms with E-state index in [1.165, 1.54) is 5.56 Å². The Bertz CT molecular complexity index is 790. The highest BCUT2D eigenvalue weighted by Gasteiger charge is 2.25. The molecule has 1 aromatic heterocycles. The van der Waals surface area contributed by atoms with Gasteiger partial charge in [0.25, 0.3) is 0 Å². The number of aryl methyl sites for hydroxylation is 1. The molecule has 1 aliphatic heterocycles. The maximum Gasteiger partial charge on any atom is 0.191 e. The zero-order valence-corrected chi connectivity index (χ0v) is 16.8. The van der Waals surface area contributed by atoms with E-state index in [0.717, 1.165) is 50.0 Å². The summed E-state index contributed by atoms with van der Waals surface area (Å²) in [5, 5.41) is 11.9. The summed E-state index contributed by atoms with van der Waals surface area (Å²) in [5.41, 5.74) is 2.20. The molecular formula is C19H27ClN6O. The minimum atomic E-state index is 0.312. The van der Waals surface area contributed by atoms with E-state index in [-0.39, 0.29) is 0 Å². The number of ether oxygens (including phenoxy) is 1. The number of nitrogens with zero attached hydrogens (tertiary/aromatic N) is 4. The van der Waals surface area contributed by atoms with Crippen molar-refractivity contribution in [3.8, 4) is 5.75 Å². The Morgan fingerprint density at radius 2 is 2.30 bits per heavy atom. The number of guanidine groups is 1. The first kappa shape index (κ1) is 19.4. The van der Waals surface area contributed by atoms with E-state index < -0.39 is 0 Å². The Kier molecular flexibility index (Phi) is 6.45. The van der Waals surface area contributed by atoms with Gasteiger partial charge >= 0.3 is 0 Å². The van der Waals surface area contributed by atoms with Crippen molar-refractivity contribution in [1.29, 1.82) is 0 Å². The molecule has 2 heterocycles. The number of benzene rings is 1. The van der Waals surface area contributed by atoms with Gasteiger partial charge in [-0.05, 0) is 37.1 Å². The van der Waals surface area contributed by atoms with Crippen molar-refractivity contribution in [2.45, 2.75) is 25.9 Å². The molecule has 146 valence electrons. The first-order valence-corrected chi connectivity index (χ1v) is 9.51. The molecule has 7 nitrogen and oxygen atoms in total.